The molecule has 0 radical (unpaired) electrons. The first kappa shape index (κ1) is 21.2. The molecule has 0 fully saturated rings. The molecule has 2 aromatic carbocycles. The number of hydrogen-bond acceptors (Lipinski definition) is 5. The average molecular weight is 405 g/mol. The molecular formula is C20H21ClN2O5. The van der Waals surface area contributed by atoms with Crippen molar-refractivity contribution in [1.29, 1.82) is 0 Å². The van der Waals surface area contributed by atoms with Gasteiger partial charge in [-0.3, -0.25) is 14.4 Å². The minimum absolute atomic E-state index is 0.152. The monoisotopic (exact) mass is 404 g/mol. The van der Waals surface area contributed by atoms with E-state index in [0.717, 1.165) is 5.56 Å². The SMILES string of the molecule is COc1ccc(Cl)cc1NC(=O)[C@H](C)OC(=O)CNC(=O)Cc1ccccc1. The zero-order valence-electron chi connectivity index (χ0n) is 15.5. The highest BCUT2D eigenvalue weighted by Gasteiger charge is 2.19. The Kier molecular flexibility index (Phi) is 7.83. The van der Waals surface area contributed by atoms with Gasteiger partial charge >= 0.3 is 5.97 Å². The lowest BCUT2D eigenvalue weighted by molar-refractivity contribution is -0.152. The van der Waals surface area contributed by atoms with E-state index in [0.29, 0.717) is 16.5 Å². The maximum atomic E-state index is 12.2. The molecule has 148 valence electrons. The number of carbonyl (C=O) groups excluding carboxylic acids is 3. The average Bonchev–Trinajstić information content (AvgIpc) is 2.67. The van der Waals surface area contributed by atoms with Crippen LogP contribution in [-0.4, -0.2) is 37.5 Å². The van der Waals surface area contributed by atoms with Gasteiger partial charge in [0.1, 0.15) is 12.3 Å². The van der Waals surface area contributed by atoms with Crippen LogP contribution in [0.2, 0.25) is 5.02 Å². The van der Waals surface area contributed by atoms with Crippen molar-refractivity contribution in [2.75, 3.05) is 19.0 Å². The Balaban J connectivity index is 1.80. The topological polar surface area (TPSA) is 93.7 Å². The summed E-state index contributed by atoms with van der Waals surface area (Å²) in [6, 6.07) is 13.9. The lowest BCUT2D eigenvalue weighted by Gasteiger charge is -2.15. The van der Waals surface area contributed by atoms with E-state index in [2.05, 4.69) is 10.6 Å². The van der Waals surface area contributed by atoms with Gasteiger partial charge in [0.25, 0.3) is 5.91 Å². The summed E-state index contributed by atoms with van der Waals surface area (Å²) in [5, 5.41) is 5.48. The van der Waals surface area contributed by atoms with E-state index in [1.54, 1.807) is 12.1 Å². The quantitative estimate of drug-likeness (QED) is 0.659. The van der Waals surface area contributed by atoms with Crippen LogP contribution < -0.4 is 15.4 Å². The summed E-state index contributed by atoms with van der Waals surface area (Å²) >= 11 is 5.92. The predicted octanol–water partition coefficient (Wildman–Crippen LogP) is 2.58. The second-order valence-corrected chi connectivity index (χ2v) is 6.34. The minimum Gasteiger partial charge on any atom is -0.495 e. The van der Waals surface area contributed by atoms with Gasteiger partial charge in [-0.1, -0.05) is 41.9 Å². The molecule has 0 saturated heterocycles. The van der Waals surface area contributed by atoms with Crippen molar-refractivity contribution in [2.45, 2.75) is 19.4 Å². The van der Waals surface area contributed by atoms with E-state index in [-0.39, 0.29) is 18.9 Å². The number of ether oxygens (including phenoxy) is 2. The van der Waals surface area contributed by atoms with Crippen molar-refractivity contribution in [2.24, 2.45) is 0 Å². The first-order valence-corrected chi connectivity index (χ1v) is 8.91. The number of nitrogens with one attached hydrogen (secondary N) is 2. The van der Waals surface area contributed by atoms with Gasteiger partial charge in [-0.2, -0.15) is 0 Å². The molecule has 0 spiro atoms. The van der Waals surface area contributed by atoms with Gasteiger partial charge in [0.15, 0.2) is 6.10 Å². The summed E-state index contributed by atoms with van der Waals surface area (Å²) in [5.74, 6) is -1.17. The zero-order chi connectivity index (χ0) is 20.5. The van der Waals surface area contributed by atoms with E-state index in [9.17, 15) is 14.4 Å². The Morgan fingerprint density at radius 2 is 1.82 bits per heavy atom. The van der Waals surface area contributed by atoms with Crippen LogP contribution in [0.1, 0.15) is 12.5 Å². The molecule has 7 nitrogen and oxygen atoms in total. The lowest BCUT2D eigenvalue weighted by Crippen LogP contribution is -2.36. The number of benzene rings is 2. The summed E-state index contributed by atoms with van der Waals surface area (Å²) in [7, 11) is 1.46. The van der Waals surface area contributed by atoms with Crippen LogP contribution in [0, 0.1) is 0 Å². The van der Waals surface area contributed by atoms with Crippen LogP contribution in [0.25, 0.3) is 0 Å². The number of rotatable bonds is 8. The van der Waals surface area contributed by atoms with Crippen LogP contribution in [0.4, 0.5) is 5.69 Å². The molecule has 0 aliphatic carbocycles. The maximum absolute atomic E-state index is 12.2. The maximum Gasteiger partial charge on any atom is 0.326 e. The third-order valence-electron chi connectivity index (χ3n) is 3.73. The normalized spacial score (nSPS) is 11.2. The summed E-state index contributed by atoms with van der Waals surface area (Å²) in [6.45, 7) is 1.10. The number of carbonyl (C=O) groups is 3. The van der Waals surface area contributed by atoms with Gasteiger partial charge in [-0.05, 0) is 30.7 Å². The summed E-state index contributed by atoms with van der Waals surface area (Å²) in [6.07, 6.45) is -0.916. The van der Waals surface area contributed by atoms with Crippen molar-refractivity contribution in [3.8, 4) is 5.75 Å². The Bertz CT molecular complexity index is 842. The molecule has 2 amide bonds. The van der Waals surface area contributed by atoms with Gasteiger partial charge in [-0.15, -0.1) is 0 Å². The van der Waals surface area contributed by atoms with Gasteiger partial charge in [0.2, 0.25) is 5.91 Å². The molecule has 2 rings (SSSR count). The van der Waals surface area contributed by atoms with Crippen LogP contribution in [0.15, 0.2) is 48.5 Å². The van der Waals surface area contributed by atoms with Crippen molar-refractivity contribution < 1.29 is 23.9 Å². The van der Waals surface area contributed by atoms with Crippen molar-refractivity contribution in [3.63, 3.8) is 0 Å². The van der Waals surface area contributed by atoms with Crippen LogP contribution in [-0.2, 0) is 25.5 Å². The number of esters is 1. The van der Waals surface area contributed by atoms with Crippen molar-refractivity contribution >= 4 is 35.1 Å². The molecule has 0 aliphatic rings. The number of methoxy groups -OCH3 is 1. The molecule has 2 N–H and O–H groups in total. The number of amides is 2. The standard InChI is InChI=1S/C20H21ClN2O5/c1-13(20(26)23-16-11-15(21)8-9-17(16)27-2)28-19(25)12-22-18(24)10-14-6-4-3-5-7-14/h3-9,11,13H,10,12H2,1-2H3,(H,22,24)(H,23,26)/t13-/m0/s1. The molecule has 0 aromatic heterocycles. The Hall–Kier alpha value is -3.06. The van der Waals surface area contributed by atoms with Gasteiger partial charge in [0.05, 0.1) is 19.2 Å². The first-order chi connectivity index (χ1) is 13.4. The number of halogens is 1. The Morgan fingerprint density at radius 1 is 1.11 bits per heavy atom. The van der Waals surface area contributed by atoms with E-state index < -0.39 is 18.0 Å². The molecular weight excluding hydrogens is 384 g/mol. The van der Waals surface area contributed by atoms with E-state index in [1.165, 1.54) is 20.1 Å². The summed E-state index contributed by atoms with van der Waals surface area (Å²) in [5.41, 5.74) is 1.19. The van der Waals surface area contributed by atoms with Crippen molar-refractivity contribution in [3.05, 3.63) is 59.1 Å². The number of hydrogen-bond donors (Lipinski definition) is 2. The van der Waals surface area contributed by atoms with E-state index >= 15 is 0 Å². The molecule has 0 bridgehead atoms. The van der Waals surface area contributed by atoms with Crippen LogP contribution in [0.3, 0.4) is 0 Å². The van der Waals surface area contributed by atoms with E-state index in [4.69, 9.17) is 21.1 Å². The second-order valence-electron chi connectivity index (χ2n) is 5.91. The lowest BCUT2D eigenvalue weighted by atomic mass is 10.1. The van der Waals surface area contributed by atoms with Gasteiger partial charge in [-0.25, -0.2) is 0 Å². The molecule has 1 atom stereocenters. The highest BCUT2D eigenvalue weighted by molar-refractivity contribution is 6.31. The molecule has 28 heavy (non-hydrogen) atoms. The molecule has 0 heterocycles. The Morgan fingerprint density at radius 3 is 2.50 bits per heavy atom. The highest BCUT2D eigenvalue weighted by Crippen LogP contribution is 2.27. The van der Waals surface area contributed by atoms with Crippen molar-refractivity contribution in [1.82, 2.24) is 5.32 Å². The first-order valence-electron chi connectivity index (χ1n) is 8.53. The molecule has 2 aromatic rings. The fourth-order valence-corrected chi connectivity index (χ4v) is 2.49. The summed E-state index contributed by atoms with van der Waals surface area (Å²) in [4.78, 5) is 36.0. The molecule has 0 saturated carbocycles. The third kappa shape index (κ3) is 6.59. The minimum atomic E-state index is -1.07. The van der Waals surface area contributed by atoms with Crippen LogP contribution in [0.5, 0.6) is 5.75 Å². The smallest absolute Gasteiger partial charge is 0.326 e. The van der Waals surface area contributed by atoms with Gasteiger partial charge < -0.3 is 20.1 Å². The summed E-state index contributed by atoms with van der Waals surface area (Å²) < 4.78 is 10.2. The fourth-order valence-electron chi connectivity index (χ4n) is 2.32. The third-order valence-corrected chi connectivity index (χ3v) is 3.97. The highest BCUT2D eigenvalue weighted by atomic mass is 35.5. The molecule has 0 aliphatic heterocycles. The molecule has 8 heteroatoms. The van der Waals surface area contributed by atoms with E-state index in [1.807, 2.05) is 30.3 Å². The van der Waals surface area contributed by atoms with Crippen LogP contribution >= 0.6 is 11.6 Å². The largest absolute Gasteiger partial charge is 0.495 e. The zero-order valence-corrected chi connectivity index (χ0v) is 16.3. The fraction of sp³-hybridized carbons (Fsp3) is 0.250. The predicted molar refractivity (Wildman–Crippen MR) is 105 cm³/mol. The Labute approximate surface area is 168 Å². The second kappa shape index (κ2) is 10.3. The molecule has 0 unspecified atom stereocenters. The van der Waals surface area contributed by atoms with Gasteiger partial charge in [0, 0.05) is 5.02 Å². The number of anilines is 1.